The Kier molecular flexibility index (Phi) is 5.57. The lowest BCUT2D eigenvalue weighted by Crippen LogP contribution is -2.12. The van der Waals surface area contributed by atoms with E-state index in [0.29, 0.717) is 23.1 Å². The molecule has 9 heteroatoms. The van der Waals surface area contributed by atoms with Crippen LogP contribution in [0.15, 0.2) is 67.0 Å². The van der Waals surface area contributed by atoms with E-state index in [0.717, 1.165) is 11.9 Å². The molecule has 1 N–H and O–H groups in total. The van der Waals surface area contributed by atoms with Crippen LogP contribution in [0.1, 0.15) is 16.2 Å². The molecule has 0 spiro atoms. The fraction of sp³-hybridized carbons (Fsp3) is 0.0909. The first-order valence-electron chi connectivity index (χ1n) is 9.30. The zero-order chi connectivity index (χ0) is 21.8. The summed E-state index contributed by atoms with van der Waals surface area (Å²) in [5.74, 6) is 1.32. The van der Waals surface area contributed by atoms with E-state index < -0.39 is 11.7 Å². The van der Waals surface area contributed by atoms with Gasteiger partial charge in [0, 0.05) is 29.7 Å². The molecule has 0 atom stereocenters. The van der Waals surface area contributed by atoms with Crippen LogP contribution in [0.25, 0.3) is 5.82 Å². The van der Waals surface area contributed by atoms with Crippen molar-refractivity contribution in [3.63, 3.8) is 0 Å². The Labute approximate surface area is 177 Å². The number of aromatic nitrogens is 4. The second kappa shape index (κ2) is 8.62. The van der Waals surface area contributed by atoms with E-state index in [1.807, 2.05) is 11.5 Å². The van der Waals surface area contributed by atoms with Gasteiger partial charge in [0.1, 0.15) is 11.6 Å². The highest BCUT2D eigenvalue weighted by molar-refractivity contribution is 6.04. The summed E-state index contributed by atoms with van der Waals surface area (Å²) in [6.07, 6.45) is 3.49. The van der Waals surface area contributed by atoms with Gasteiger partial charge in [-0.05, 0) is 55.5 Å². The number of halogens is 1. The number of ether oxygens (including phenoxy) is 2. The highest BCUT2D eigenvalue weighted by atomic mass is 19.1. The number of carbonyl (C=O) groups is 1. The van der Waals surface area contributed by atoms with E-state index in [1.165, 1.54) is 19.2 Å². The molecule has 0 saturated carbocycles. The van der Waals surface area contributed by atoms with Gasteiger partial charge in [-0.25, -0.2) is 9.37 Å². The summed E-state index contributed by atoms with van der Waals surface area (Å²) in [7, 11) is 1.36. The van der Waals surface area contributed by atoms with Crippen LogP contribution in [-0.2, 0) is 0 Å². The molecule has 2 heterocycles. The fourth-order valence-corrected chi connectivity index (χ4v) is 2.85. The standard InChI is InChI=1S/C22H18FN5O3/c1-14-24-11-12-28(14)20-9-10-21(27-26-20)31-17-6-4-16(5-7-17)25-22(29)15-3-8-19(30-2)18(23)13-15/h3-13H,1-2H3,(H,25,29). The Morgan fingerprint density at radius 1 is 1.06 bits per heavy atom. The van der Waals surface area contributed by atoms with Gasteiger partial charge in [0.2, 0.25) is 5.88 Å². The number of benzene rings is 2. The number of nitrogens with zero attached hydrogens (tertiary/aromatic N) is 4. The molecule has 0 radical (unpaired) electrons. The summed E-state index contributed by atoms with van der Waals surface area (Å²) in [6, 6.07) is 14.2. The third-order valence-electron chi connectivity index (χ3n) is 4.45. The summed E-state index contributed by atoms with van der Waals surface area (Å²) in [4.78, 5) is 16.5. The number of imidazole rings is 1. The van der Waals surface area contributed by atoms with Crippen LogP contribution in [0.4, 0.5) is 10.1 Å². The number of hydrogen-bond donors (Lipinski definition) is 1. The second-order valence-electron chi connectivity index (χ2n) is 6.50. The van der Waals surface area contributed by atoms with Crippen molar-refractivity contribution in [3.05, 3.63) is 84.2 Å². The molecule has 0 aliphatic carbocycles. The van der Waals surface area contributed by atoms with Gasteiger partial charge in [0.25, 0.3) is 5.91 Å². The van der Waals surface area contributed by atoms with E-state index in [2.05, 4.69) is 20.5 Å². The molecule has 1 amide bonds. The first-order valence-corrected chi connectivity index (χ1v) is 9.30. The maximum Gasteiger partial charge on any atom is 0.255 e. The zero-order valence-electron chi connectivity index (χ0n) is 16.7. The predicted octanol–water partition coefficient (Wildman–Crippen LogP) is 4.16. The highest BCUT2D eigenvalue weighted by Gasteiger charge is 2.11. The minimum absolute atomic E-state index is 0.0781. The minimum atomic E-state index is -0.603. The Balaban J connectivity index is 1.39. The third kappa shape index (κ3) is 4.50. The predicted molar refractivity (Wildman–Crippen MR) is 111 cm³/mol. The smallest absolute Gasteiger partial charge is 0.255 e. The number of hydrogen-bond acceptors (Lipinski definition) is 6. The van der Waals surface area contributed by atoms with Crippen molar-refractivity contribution in [1.82, 2.24) is 19.7 Å². The molecule has 0 aliphatic heterocycles. The van der Waals surface area contributed by atoms with Gasteiger partial charge in [-0.15, -0.1) is 10.2 Å². The van der Waals surface area contributed by atoms with Crippen molar-refractivity contribution in [2.24, 2.45) is 0 Å². The Hall–Kier alpha value is -4.27. The van der Waals surface area contributed by atoms with Crippen LogP contribution in [0.2, 0.25) is 0 Å². The Morgan fingerprint density at radius 3 is 2.48 bits per heavy atom. The second-order valence-corrected chi connectivity index (χ2v) is 6.50. The maximum absolute atomic E-state index is 13.8. The van der Waals surface area contributed by atoms with Gasteiger partial charge in [-0.2, -0.15) is 0 Å². The molecule has 8 nitrogen and oxygen atoms in total. The highest BCUT2D eigenvalue weighted by Crippen LogP contribution is 2.23. The van der Waals surface area contributed by atoms with E-state index >= 15 is 0 Å². The average Bonchev–Trinajstić information content (AvgIpc) is 3.21. The van der Waals surface area contributed by atoms with Crippen LogP contribution in [0.5, 0.6) is 17.4 Å². The van der Waals surface area contributed by atoms with E-state index in [-0.39, 0.29) is 11.3 Å². The molecular formula is C22H18FN5O3. The fourth-order valence-electron chi connectivity index (χ4n) is 2.85. The molecule has 0 bridgehead atoms. The van der Waals surface area contributed by atoms with Crippen LogP contribution in [-0.4, -0.2) is 32.8 Å². The van der Waals surface area contributed by atoms with Crippen molar-refractivity contribution in [2.45, 2.75) is 6.92 Å². The topological polar surface area (TPSA) is 91.2 Å². The van der Waals surface area contributed by atoms with Gasteiger partial charge in [-0.3, -0.25) is 9.36 Å². The molecular weight excluding hydrogens is 401 g/mol. The largest absolute Gasteiger partial charge is 0.494 e. The number of rotatable bonds is 6. The number of methoxy groups -OCH3 is 1. The lowest BCUT2D eigenvalue weighted by molar-refractivity contribution is 0.102. The minimum Gasteiger partial charge on any atom is -0.494 e. The monoisotopic (exact) mass is 419 g/mol. The number of anilines is 1. The van der Waals surface area contributed by atoms with E-state index in [4.69, 9.17) is 9.47 Å². The zero-order valence-corrected chi connectivity index (χ0v) is 16.7. The quantitative estimate of drug-likeness (QED) is 0.505. The van der Waals surface area contributed by atoms with Gasteiger partial charge in [0.15, 0.2) is 17.4 Å². The molecule has 31 heavy (non-hydrogen) atoms. The van der Waals surface area contributed by atoms with E-state index in [1.54, 1.807) is 48.8 Å². The third-order valence-corrected chi connectivity index (χ3v) is 4.45. The Morgan fingerprint density at radius 2 is 1.87 bits per heavy atom. The molecule has 4 rings (SSSR count). The summed E-state index contributed by atoms with van der Waals surface area (Å²) in [6.45, 7) is 1.87. The summed E-state index contributed by atoms with van der Waals surface area (Å²) >= 11 is 0. The maximum atomic E-state index is 13.8. The van der Waals surface area contributed by atoms with Gasteiger partial charge < -0.3 is 14.8 Å². The number of aryl methyl sites for hydroxylation is 1. The molecule has 0 fully saturated rings. The number of carbonyl (C=O) groups excluding carboxylic acids is 1. The molecule has 0 unspecified atom stereocenters. The molecule has 4 aromatic rings. The molecule has 0 saturated heterocycles. The lowest BCUT2D eigenvalue weighted by atomic mass is 10.2. The van der Waals surface area contributed by atoms with Crippen LogP contribution >= 0.6 is 0 Å². The van der Waals surface area contributed by atoms with Crippen molar-refractivity contribution < 1.29 is 18.7 Å². The molecule has 2 aromatic heterocycles. The van der Waals surface area contributed by atoms with Gasteiger partial charge in [-0.1, -0.05) is 0 Å². The van der Waals surface area contributed by atoms with Crippen molar-refractivity contribution in [1.29, 1.82) is 0 Å². The van der Waals surface area contributed by atoms with Gasteiger partial charge in [0.05, 0.1) is 7.11 Å². The molecule has 156 valence electrons. The van der Waals surface area contributed by atoms with Crippen LogP contribution in [0.3, 0.4) is 0 Å². The van der Waals surface area contributed by atoms with Crippen molar-refractivity contribution >= 4 is 11.6 Å². The van der Waals surface area contributed by atoms with Crippen molar-refractivity contribution in [3.8, 4) is 23.2 Å². The van der Waals surface area contributed by atoms with Gasteiger partial charge >= 0.3 is 0 Å². The van der Waals surface area contributed by atoms with E-state index in [9.17, 15) is 9.18 Å². The normalized spacial score (nSPS) is 10.5. The first-order chi connectivity index (χ1) is 15.0. The summed E-state index contributed by atoms with van der Waals surface area (Å²) in [5, 5.41) is 10.9. The first kappa shape index (κ1) is 20.0. The van der Waals surface area contributed by atoms with Crippen LogP contribution < -0.4 is 14.8 Å². The molecule has 0 aliphatic rings. The SMILES string of the molecule is COc1ccc(C(=O)Nc2ccc(Oc3ccc(-n4ccnc4C)nn3)cc2)cc1F. The Bertz CT molecular complexity index is 1210. The molecule has 2 aromatic carbocycles. The lowest BCUT2D eigenvalue weighted by Gasteiger charge is -2.09. The number of nitrogens with one attached hydrogen (secondary N) is 1. The average molecular weight is 419 g/mol. The summed E-state index contributed by atoms with van der Waals surface area (Å²) < 4.78 is 26.2. The van der Waals surface area contributed by atoms with Crippen LogP contribution in [0, 0.1) is 12.7 Å². The van der Waals surface area contributed by atoms with Crippen molar-refractivity contribution in [2.75, 3.05) is 12.4 Å². The summed E-state index contributed by atoms with van der Waals surface area (Å²) in [5.41, 5.74) is 0.715. The number of amides is 1.